The Hall–Kier alpha value is -2.28. The van der Waals surface area contributed by atoms with E-state index in [4.69, 9.17) is 37.9 Å². The Balaban J connectivity index is 3.18. The van der Waals surface area contributed by atoms with Crippen LogP contribution in [0.2, 0.25) is 0 Å². The summed E-state index contributed by atoms with van der Waals surface area (Å²) in [6, 6.07) is 0. The van der Waals surface area contributed by atoms with Crippen LogP contribution in [0.25, 0.3) is 0 Å². The van der Waals surface area contributed by atoms with Gasteiger partial charge in [-0.05, 0) is 34.1 Å². The van der Waals surface area contributed by atoms with Crippen LogP contribution in [0.4, 0.5) is 0 Å². The molecule has 0 aromatic rings. The van der Waals surface area contributed by atoms with E-state index in [0.29, 0.717) is 13.2 Å². The van der Waals surface area contributed by atoms with Crippen LogP contribution < -0.4 is 0 Å². The van der Waals surface area contributed by atoms with Crippen molar-refractivity contribution in [2.24, 2.45) is 23.7 Å². The van der Waals surface area contributed by atoms with Gasteiger partial charge >= 0.3 is 23.9 Å². The third-order valence-corrected chi connectivity index (χ3v) is 4.87. The number of rotatable bonds is 16. The molecule has 0 aromatic heterocycles. The van der Waals surface area contributed by atoms with Gasteiger partial charge in [-0.25, -0.2) is 0 Å². The molecule has 0 heterocycles. The average molecular weight is 478 g/mol. The molecular formula is C21H34O12. The molecule has 0 radical (unpaired) electrons. The molecule has 1 rings (SSSR count). The Morgan fingerprint density at radius 3 is 1.06 bits per heavy atom. The van der Waals surface area contributed by atoms with E-state index in [-0.39, 0.29) is 46.8 Å². The van der Waals surface area contributed by atoms with E-state index in [0.717, 1.165) is 0 Å². The molecule has 12 heteroatoms. The molecule has 0 saturated heterocycles. The Kier molecular flexibility index (Phi) is 14.2. The Labute approximate surface area is 193 Å². The van der Waals surface area contributed by atoms with Gasteiger partial charge in [0.1, 0.15) is 0 Å². The van der Waals surface area contributed by atoms with Gasteiger partial charge in [-0.1, -0.05) is 0 Å². The van der Waals surface area contributed by atoms with Crippen LogP contribution in [-0.4, -0.2) is 77.5 Å². The minimum Gasteiger partial charge on any atom is -0.438 e. The molecule has 0 amide bonds. The third kappa shape index (κ3) is 9.24. The van der Waals surface area contributed by atoms with Gasteiger partial charge in [-0.2, -0.15) is 0 Å². The number of hydrogen-bond acceptors (Lipinski definition) is 12. The molecule has 1 aliphatic rings. The van der Waals surface area contributed by atoms with Gasteiger partial charge in [0.05, 0.1) is 23.7 Å². The first kappa shape index (κ1) is 28.8. The summed E-state index contributed by atoms with van der Waals surface area (Å²) in [5, 5.41) is 0. The Bertz CT molecular complexity index is 570. The van der Waals surface area contributed by atoms with Crippen molar-refractivity contribution < 1.29 is 57.1 Å². The van der Waals surface area contributed by atoms with Crippen molar-refractivity contribution >= 4 is 23.9 Å². The van der Waals surface area contributed by atoms with Crippen LogP contribution in [0, 0.1) is 23.7 Å². The summed E-state index contributed by atoms with van der Waals surface area (Å²) in [5.74, 6) is -8.51. The highest BCUT2D eigenvalue weighted by atomic mass is 16.7. The normalized spacial score (nSPS) is 21.9. The fourth-order valence-corrected chi connectivity index (χ4v) is 3.31. The summed E-state index contributed by atoms with van der Waals surface area (Å²) in [6.07, 6.45) is -0.196. The fraction of sp³-hybridized carbons (Fsp3) is 0.810. The van der Waals surface area contributed by atoms with Crippen LogP contribution >= 0.6 is 0 Å². The Morgan fingerprint density at radius 1 is 0.515 bits per heavy atom. The van der Waals surface area contributed by atoms with Crippen molar-refractivity contribution in [1.82, 2.24) is 0 Å². The standard InChI is InChI=1S/C21H34O12/c1-5-26-10-30-18(22)14-9-15(19(23)31-11-27-6-2)17(21(25)33-13-29-8-4)16(14)20(24)32-12-28-7-3/h14-17H,5-13H2,1-4H3. The lowest BCUT2D eigenvalue weighted by molar-refractivity contribution is -0.181. The zero-order valence-electron chi connectivity index (χ0n) is 19.6. The van der Waals surface area contributed by atoms with Crippen LogP contribution in [0.3, 0.4) is 0 Å². The first-order valence-electron chi connectivity index (χ1n) is 10.9. The lowest BCUT2D eigenvalue weighted by Gasteiger charge is -2.23. The van der Waals surface area contributed by atoms with E-state index in [2.05, 4.69) is 0 Å². The average Bonchev–Trinajstić information content (AvgIpc) is 3.20. The van der Waals surface area contributed by atoms with E-state index in [1.165, 1.54) is 0 Å². The molecule has 0 N–H and O–H groups in total. The number of hydrogen-bond donors (Lipinski definition) is 0. The molecule has 33 heavy (non-hydrogen) atoms. The molecule has 0 spiro atoms. The SMILES string of the molecule is CCOCOC(=O)C1CC(C(=O)OCOCC)C(C(=O)OCOCC)C1C(=O)OCOCC. The van der Waals surface area contributed by atoms with Gasteiger partial charge in [0.25, 0.3) is 0 Å². The maximum Gasteiger partial charge on any atom is 0.312 e. The molecular weight excluding hydrogens is 444 g/mol. The predicted molar refractivity (Wildman–Crippen MR) is 109 cm³/mol. The number of esters is 4. The van der Waals surface area contributed by atoms with E-state index in [1.807, 2.05) is 0 Å². The molecule has 1 fully saturated rings. The van der Waals surface area contributed by atoms with Crippen LogP contribution in [0.15, 0.2) is 0 Å². The second kappa shape index (κ2) is 16.4. The fourth-order valence-electron chi connectivity index (χ4n) is 3.31. The minimum atomic E-state index is -1.36. The van der Waals surface area contributed by atoms with E-state index in [1.54, 1.807) is 27.7 Å². The monoisotopic (exact) mass is 478 g/mol. The lowest BCUT2D eigenvalue weighted by atomic mass is 9.86. The van der Waals surface area contributed by atoms with Gasteiger partial charge in [0.2, 0.25) is 0 Å². The van der Waals surface area contributed by atoms with E-state index in [9.17, 15) is 19.2 Å². The van der Waals surface area contributed by atoms with Crippen LogP contribution in [0.1, 0.15) is 34.1 Å². The summed E-state index contributed by atoms with van der Waals surface area (Å²) >= 11 is 0. The van der Waals surface area contributed by atoms with Gasteiger partial charge in [-0.15, -0.1) is 0 Å². The van der Waals surface area contributed by atoms with Gasteiger partial charge < -0.3 is 37.9 Å². The van der Waals surface area contributed by atoms with Crippen LogP contribution in [0.5, 0.6) is 0 Å². The lowest BCUT2D eigenvalue weighted by Crippen LogP contribution is -2.39. The summed E-state index contributed by atoms with van der Waals surface area (Å²) in [6.45, 7) is 6.56. The molecule has 1 saturated carbocycles. The third-order valence-electron chi connectivity index (χ3n) is 4.87. The maximum atomic E-state index is 12.9. The topological polar surface area (TPSA) is 142 Å². The number of carbonyl (C=O) groups is 4. The summed E-state index contributed by atoms with van der Waals surface area (Å²) in [4.78, 5) is 51.2. The molecule has 190 valence electrons. The van der Waals surface area contributed by atoms with Crippen molar-refractivity contribution in [2.75, 3.05) is 53.6 Å². The highest BCUT2D eigenvalue weighted by molar-refractivity contribution is 5.92. The zero-order valence-corrected chi connectivity index (χ0v) is 19.6. The van der Waals surface area contributed by atoms with Crippen molar-refractivity contribution in [1.29, 1.82) is 0 Å². The van der Waals surface area contributed by atoms with Crippen molar-refractivity contribution in [3.8, 4) is 0 Å². The number of carbonyl (C=O) groups excluding carboxylic acids is 4. The van der Waals surface area contributed by atoms with Gasteiger partial charge in [-0.3, -0.25) is 19.2 Å². The summed E-state index contributed by atoms with van der Waals surface area (Å²) < 4.78 is 40.4. The second-order valence-electron chi connectivity index (χ2n) is 6.80. The van der Waals surface area contributed by atoms with Gasteiger partial charge in [0, 0.05) is 26.4 Å². The van der Waals surface area contributed by atoms with E-state index < -0.39 is 47.5 Å². The van der Waals surface area contributed by atoms with Gasteiger partial charge in [0.15, 0.2) is 27.2 Å². The Morgan fingerprint density at radius 2 is 0.788 bits per heavy atom. The molecule has 4 unspecified atom stereocenters. The van der Waals surface area contributed by atoms with Crippen molar-refractivity contribution in [3.05, 3.63) is 0 Å². The highest BCUT2D eigenvalue weighted by Crippen LogP contribution is 2.44. The number of ether oxygens (including phenoxy) is 8. The maximum absolute atomic E-state index is 12.9. The molecule has 4 atom stereocenters. The highest BCUT2D eigenvalue weighted by Gasteiger charge is 2.58. The van der Waals surface area contributed by atoms with E-state index >= 15 is 0 Å². The zero-order chi connectivity index (χ0) is 24.6. The summed E-state index contributed by atoms with van der Waals surface area (Å²) in [5.41, 5.74) is 0. The molecule has 1 aliphatic carbocycles. The second-order valence-corrected chi connectivity index (χ2v) is 6.80. The molecule has 0 aliphatic heterocycles. The molecule has 0 bridgehead atoms. The first-order chi connectivity index (χ1) is 15.9. The van der Waals surface area contributed by atoms with Crippen molar-refractivity contribution in [2.45, 2.75) is 34.1 Å². The van der Waals surface area contributed by atoms with Crippen LogP contribution in [-0.2, 0) is 57.1 Å². The molecule has 12 nitrogen and oxygen atoms in total. The van der Waals surface area contributed by atoms with Crippen molar-refractivity contribution in [3.63, 3.8) is 0 Å². The quantitative estimate of drug-likeness (QED) is 0.135. The smallest absolute Gasteiger partial charge is 0.312 e. The first-order valence-corrected chi connectivity index (χ1v) is 10.9. The minimum absolute atomic E-state index is 0.196. The largest absolute Gasteiger partial charge is 0.438 e. The predicted octanol–water partition coefficient (Wildman–Crippen LogP) is 1.00. The summed E-state index contributed by atoms with van der Waals surface area (Å²) in [7, 11) is 0. The molecule has 0 aromatic carbocycles.